The van der Waals surface area contributed by atoms with Crippen LogP contribution in [-0.2, 0) is 9.84 Å². The van der Waals surface area contributed by atoms with Crippen molar-refractivity contribution in [1.82, 2.24) is 5.32 Å². The highest BCUT2D eigenvalue weighted by Gasteiger charge is 2.07. The first-order chi connectivity index (χ1) is 8.29. The van der Waals surface area contributed by atoms with E-state index in [4.69, 9.17) is 0 Å². The van der Waals surface area contributed by atoms with Gasteiger partial charge in [0.2, 0.25) is 0 Å². The van der Waals surface area contributed by atoms with Gasteiger partial charge in [0.25, 0.3) is 0 Å². The van der Waals surface area contributed by atoms with E-state index < -0.39 is 9.84 Å². The minimum Gasteiger partial charge on any atom is -0.378 e. The van der Waals surface area contributed by atoms with Gasteiger partial charge in [-0.3, -0.25) is 0 Å². The molecule has 0 aliphatic carbocycles. The van der Waals surface area contributed by atoms with Crippen molar-refractivity contribution in [2.24, 2.45) is 0 Å². The lowest BCUT2D eigenvalue weighted by Gasteiger charge is -2.16. The van der Waals surface area contributed by atoms with Gasteiger partial charge in [-0.15, -0.1) is 0 Å². The molecular formula is C13H22N2O2S. The lowest BCUT2D eigenvalue weighted by atomic mass is 10.1. The lowest BCUT2D eigenvalue weighted by Crippen LogP contribution is -2.25. The molecule has 0 aliphatic rings. The molecular weight excluding hydrogens is 248 g/mol. The van der Waals surface area contributed by atoms with Crippen LogP contribution in [0.2, 0.25) is 0 Å². The summed E-state index contributed by atoms with van der Waals surface area (Å²) in [5, 5.41) is 3.21. The summed E-state index contributed by atoms with van der Waals surface area (Å²) in [5.41, 5.74) is 2.32. The zero-order valence-electron chi connectivity index (χ0n) is 11.5. The third-order valence-corrected chi connectivity index (χ3v) is 3.78. The minimum atomic E-state index is -2.89. The standard InChI is InChI=1S/C13H22N2O2S/c1-11(14-9-10-18(4,16)17)12-5-7-13(8-6-12)15(2)3/h5-8,11,14H,9-10H2,1-4H3. The van der Waals surface area contributed by atoms with Gasteiger partial charge in [-0.25, -0.2) is 8.42 Å². The maximum atomic E-state index is 11.0. The number of hydrogen-bond donors (Lipinski definition) is 1. The van der Waals surface area contributed by atoms with Crippen LogP contribution in [0.5, 0.6) is 0 Å². The van der Waals surface area contributed by atoms with Crippen LogP contribution in [0.4, 0.5) is 5.69 Å². The van der Waals surface area contributed by atoms with E-state index in [1.807, 2.05) is 25.9 Å². The third kappa shape index (κ3) is 5.06. The van der Waals surface area contributed by atoms with Gasteiger partial charge >= 0.3 is 0 Å². The third-order valence-electron chi connectivity index (χ3n) is 2.83. The molecule has 1 rings (SSSR count). The van der Waals surface area contributed by atoms with Crippen LogP contribution in [0, 0.1) is 0 Å². The molecule has 4 nitrogen and oxygen atoms in total. The van der Waals surface area contributed by atoms with E-state index in [1.165, 1.54) is 6.26 Å². The Bertz CT molecular complexity index is 466. The number of rotatable bonds is 6. The van der Waals surface area contributed by atoms with Crippen molar-refractivity contribution in [1.29, 1.82) is 0 Å². The summed E-state index contributed by atoms with van der Waals surface area (Å²) in [5.74, 6) is 0.174. The van der Waals surface area contributed by atoms with Gasteiger partial charge in [0.1, 0.15) is 9.84 Å². The molecule has 0 fully saturated rings. The van der Waals surface area contributed by atoms with Gasteiger partial charge in [0.15, 0.2) is 0 Å². The van der Waals surface area contributed by atoms with Crippen LogP contribution < -0.4 is 10.2 Å². The molecule has 1 unspecified atom stereocenters. The zero-order valence-corrected chi connectivity index (χ0v) is 12.3. The molecule has 0 spiro atoms. The van der Waals surface area contributed by atoms with E-state index in [-0.39, 0.29) is 11.8 Å². The lowest BCUT2D eigenvalue weighted by molar-refractivity contribution is 0.576. The second kappa shape index (κ2) is 6.20. The molecule has 0 saturated carbocycles. The van der Waals surface area contributed by atoms with Crippen molar-refractivity contribution in [2.75, 3.05) is 37.5 Å². The largest absolute Gasteiger partial charge is 0.378 e. The molecule has 102 valence electrons. The monoisotopic (exact) mass is 270 g/mol. The van der Waals surface area contributed by atoms with E-state index >= 15 is 0 Å². The van der Waals surface area contributed by atoms with E-state index in [1.54, 1.807) is 0 Å². The van der Waals surface area contributed by atoms with E-state index in [9.17, 15) is 8.42 Å². The van der Waals surface area contributed by atoms with E-state index in [0.29, 0.717) is 6.54 Å². The Labute approximate surface area is 110 Å². The van der Waals surface area contributed by atoms with Crippen molar-refractivity contribution in [2.45, 2.75) is 13.0 Å². The normalized spacial score (nSPS) is 13.3. The SMILES string of the molecule is CC(NCCS(C)(=O)=O)c1ccc(N(C)C)cc1. The van der Waals surface area contributed by atoms with Crippen molar-refractivity contribution in [3.63, 3.8) is 0 Å². The van der Waals surface area contributed by atoms with Crippen LogP contribution in [0.3, 0.4) is 0 Å². The number of nitrogens with one attached hydrogen (secondary N) is 1. The number of hydrogen-bond acceptors (Lipinski definition) is 4. The fourth-order valence-corrected chi connectivity index (χ4v) is 2.13. The summed E-state index contributed by atoms with van der Waals surface area (Å²) in [6.45, 7) is 2.52. The Morgan fingerprint density at radius 1 is 1.22 bits per heavy atom. The second-order valence-corrected chi connectivity index (χ2v) is 7.05. The van der Waals surface area contributed by atoms with Crippen molar-refractivity contribution in [3.8, 4) is 0 Å². The summed E-state index contributed by atoms with van der Waals surface area (Å²) in [6.07, 6.45) is 1.26. The fourth-order valence-electron chi connectivity index (χ4n) is 1.64. The van der Waals surface area contributed by atoms with Crippen LogP contribution in [-0.4, -0.2) is 41.1 Å². The zero-order chi connectivity index (χ0) is 13.8. The first-order valence-electron chi connectivity index (χ1n) is 5.98. The van der Waals surface area contributed by atoms with Crippen molar-refractivity contribution in [3.05, 3.63) is 29.8 Å². The van der Waals surface area contributed by atoms with Crippen LogP contribution in [0.25, 0.3) is 0 Å². The molecule has 1 aromatic carbocycles. The number of nitrogens with zero attached hydrogens (tertiary/aromatic N) is 1. The first kappa shape index (κ1) is 15.0. The van der Waals surface area contributed by atoms with Gasteiger partial charge < -0.3 is 10.2 Å². The molecule has 0 aromatic heterocycles. The maximum Gasteiger partial charge on any atom is 0.148 e. The summed E-state index contributed by atoms with van der Waals surface area (Å²) in [7, 11) is 1.12. The molecule has 1 N–H and O–H groups in total. The van der Waals surface area contributed by atoms with Gasteiger partial charge in [0.05, 0.1) is 5.75 Å². The molecule has 0 heterocycles. The number of anilines is 1. The Balaban J connectivity index is 2.54. The fraction of sp³-hybridized carbons (Fsp3) is 0.538. The topological polar surface area (TPSA) is 49.4 Å². The number of sulfone groups is 1. The molecule has 1 aromatic rings. The van der Waals surface area contributed by atoms with E-state index in [2.05, 4.69) is 29.6 Å². The van der Waals surface area contributed by atoms with Gasteiger partial charge in [-0.1, -0.05) is 12.1 Å². The molecule has 0 bridgehead atoms. The highest BCUT2D eigenvalue weighted by Crippen LogP contribution is 2.17. The molecule has 18 heavy (non-hydrogen) atoms. The molecule has 0 radical (unpaired) electrons. The predicted octanol–water partition coefficient (Wildman–Crippen LogP) is 1.45. The maximum absolute atomic E-state index is 11.0. The first-order valence-corrected chi connectivity index (χ1v) is 8.04. The number of benzene rings is 1. The van der Waals surface area contributed by atoms with Crippen LogP contribution in [0.15, 0.2) is 24.3 Å². The quantitative estimate of drug-likeness (QED) is 0.850. The Morgan fingerprint density at radius 3 is 2.22 bits per heavy atom. The highest BCUT2D eigenvalue weighted by atomic mass is 32.2. The Kier molecular flexibility index (Phi) is 5.16. The molecule has 0 amide bonds. The highest BCUT2D eigenvalue weighted by molar-refractivity contribution is 7.90. The summed E-state index contributed by atoms with van der Waals surface area (Å²) >= 11 is 0. The van der Waals surface area contributed by atoms with Crippen LogP contribution >= 0.6 is 0 Å². The predicted molar refractivity (Wildman–Crippen MR) is 76.9 cm³/mol. The average Bonchev–Trinajstić information content (AvgIpc) is 2.27. The molecule has 0 aliphatic heterocycles. The summed E-state index contributed by atoms with van der Waals surface area (Å²) in [4.78, 5) is 2.05. The molecule has 5 heteroatoms. The Morgan fingerprint density at radius 2 is 1.78 bits per heavy atom. The smallest absolute Gasteiger partial charge is 0.148 e. The molecule has 0 saturated heterocycles. The summed E-state index contributed by atoms with van der Waals surface area (Å²) in [6, 6.07) is 8.40. The average molecular weight is 270 g/mol. The molecule has 1 atom stereocenters. The van der Waals surface area contributed by atoms with Crippen molar-refractivity contribution < 1.29 is 8.42 Å². The summed E-state index contributed by atoms with van der Waals surface area (Å²) < 4.78 is 22.0. The van der Waals surface area contributed by atoms with Gasteiger partial charge in [-0.05, 0) is 24.6 Å². The van der Waals surface area contributed by atoms with Gasteiger partial charge in [-0.2, -0.15) is 0 Å². The van der Waals surface area contributed by atoms with Crippen LogP contribution in [0.1, 0.15) is 18.5 Å². The second-order valence-electron chi connectivity index (χ2n) is 4.79. The van der Waals surface area contributed by atoms with Crippen molar-refractivity contribution >= 4 is 15.5 Å². The van der Waals surface area contributed by atoms with E-state index in [0.717, 1.165) is 11.3 Å². The van der Waals surface area contributed by atoms with Gasteiger partial charge in [0, 0.05) is 38.6 Å². The Hall–Kier alpha value is -1.07. The minimum absolute atomic E-state index is 0.156.